The number of rotatable bonds is 6. The lowest BCUT2D eigenvalue weighted by molar-refractivity contribution is -0.127. The molecule has 0 spiro atoms. The van der Waals surface area contributed by atoms with Gasteiger partial charge in [-0.2, -0.15) is 0 Å². The zero-order valence-electron chi connectivity index (χ0n) is 12.9. The van der Waals surface area contributed by atoms with E-state index in [1.54, 1.807) is 6.92 Å². The molecule has 0 bridgehead atoms. The molecular formula is C18H23NO2. The van der Waals surface area contributed by atoms with E-state index in [0.29, 0.717) is 0 Å². The van der Waals surface area contributed by atoms with E-state index in [1.165, 1.54) is 5.39 Å². The Bertz CT molecular complexity index is 609. The van der Waals surface area contributed by atoms with Gasteiger partial charge in [-0.3, -0.25) is 4.79 Å². The van der Waals surface area contributed by atoms with E-state index in [-0.39, 0.29) is 11.9 Å². The fourth-order valence-corrected chi connectivity index (χ4v) is 2.36. The molecule has 0 aliphatic heterocycles. The molecule has 0 fully saturated rings. The van der Waals surface area contributed by atoms with Crippen molar-refractivity contribution < 1.29 is 9.53 Å². The number of hydrogen-bond acceptors (Lipinski definition) is 2. The van der Waals surface area contributed by atoms with Crippen LogP contribution in [-0.4, -0.2) is 18.1 Å². The van der Waals surface area contributed by atoms with E-state index < -0.39 is 6.10 Å². The maximum Gasteiger partial charge on any atom is 0.260 e. The Morgan fingerprint density at radius 1 is 1.14 bits per heavy atom. The minimum Gasteiger partial charge on any atom is -0.481 e. The van der Waals surface area contributed by atoms with E-state index in [4.69, 9.17) is 4.74 Å². The van der Waals surface area contributed by atoms with Crippen molar-refractivity contribution in [3.8, 4) is 5.75 Å². The smallest absolute Gasteiger partial charge is 0.260 e. The maximum atomic E-state index is 12.1. The Hall–Kier alpha value is -2.03. The maximum absolute atomic E-state index is 12.1. The van der Waals surface area contributed by atoms with Crippen LogP contribution >= 0.6 is 0 Å². The number of hydrogen-bond donors (Lipinski definition) is 1. The molecule has 0 aromatic heterocycles. The molecule has 2 aromatic rings. The largest absolute Gasteiger partial charge is 0.481 e. The van der Waals surface area contributed by atoms with Crippen LogP contribution in [0.25, 0.3) is 10.8 Å². The van der Waals surface area contributed by atoms with Crippen molar-refractivity contribution in [2.24, 2.45) is 0 Å². The van der Waals surface area contributed by atoms with Gasteiger partial charge in [0.2, 0.25) is 0 Å². The number of benzene rings is 2. The van der Waals surface area contributed by atoms with Gasteiger partial charge in [0, 0.05) is 6.04 Å². The molecule has 1 N–H and O–H groups in total. The average Bonchev–Trinajstić information content (AvgIpc) is 2.47. The van der Waals surface area contributed by atoms with E-state index >= 15 is 0 Å². The Balaban J connectivity index is 2.00. The second kappa shape index (κ2) is 7.11. The first-order valence-corrected chi connectivity index (χ1v) is 7.56. The van der Waals surface area contributed by atoms with Crippen LogP contribution in [0.2, 0.25) is 0 Å². The van der Waals surface area contributed by atoms with Crippen LogP contribution in [0.3, 0.4) is 0 Å². The van der Waals surface area contributed by atoms with Crippen molar-refractivity contribution in [1.82, 2.24) is 5.32 Å². The predicted octanol–water partition coefficient (Wildman–Crippen LogP) is 3.91. The fraction of sp³-hybridized carbons (Fsp3) is 0.389. The van der Waals surface area contributed by atoms with E-state index in [9.17, 15) is 4.79 Å². The number of fused-ring (bicyclic) bond motifs is 1. The summed E-state index contributed by atoms with van der Waals surface area (Å²) >= 11 is 0. The van der Waals surface area contributed by atoms with Gasteiger partial charge in [-0.1, -0.05) is 43.7 Å². The molecule has 1 amide bonds. The van der Waals surface area contributed by atoms with Crippen LogP contribution in [-0.2, 0) is 4.79 Å². The van der Waals surface area contributed by atoms with E-state index in [1.807, 2.05) is 43.3 Å². The summed E-state index contributed by atoms with van der Waals surface area (Å²) in [5.41, 5.74) is 0. The first-order valence-electron chi connectivity index (χ1n) is 7.56. The SMILES string of the molecule is CCC[C@@H](C)NC(=O)[C@@H](C)Oc1ccc2ccccc2c1. The van der Waals surface area contributed by atoms with Crippen molar-refractivity contribution >= 4 is 16.7 Å². The van der Waals surface area contributed by atoms with Crippen molar-refractivity contribution in [1.29, 1.82) is 0 Å². The van der Waals surface area contributed by atoms with Gasteiger partial charge in [0.1, 0.15) is 5.75 Å². The topological polar surface area (TPSA) is 38.3 Å². The summed E-state index contributed by atoms with van der Waals surface area (Å²) in [5, 5.41) is 5.25. The second-order valence-corrected chi connectivity index (χ2v) is 5.47. The van der Waals surface area contributed by atoms with E-state index in [2.05, 4.69) is 18.3 Å². The van der Waals surface area contributed by atoms with Gasteiger partial charge in [0.15, 0.2) is 6.10 Å². The summed E-state index contributed by atoms with van der Waals surface area (Å²) in [6.45, 7) is 5.91. The van der Waals surface area contributed by atoms with Gasteiger partial charge in [-0.05, 0) is 43.2 Å². The molecule has 2 atom stereocenters. The van der Waals surface area contributed by atoms with Crippen molar-refractivity contribution in [2.45, 2.75) is 45.8 Å². The monoisotopic (exact) mass is 285 g/mol. The normalized spacial score (nSPS) is 13.7. The fourth-order valence-electron chi connectivity index (χ4n) is 2.36. The lowest BCUT2D eigenvalue weighted by atomic mass is 10.1. The summed E-state index contributed by atoms with van der Waals surface area (Å²) in [6, 6.07) is 14.2. The van der Waals surface area contributed by atoms with Crippen LogP contribution < -0.4 is 10.1 Å². The number of amides is 1. The quantitative estimate of drug-likeness (QED) is 0.873. The highest BCUT2D eigenvalue weighted by Crippen LogP contribution is 2.21. The molecule has 0 radical (unpaired) electrons. The predicted molar refractivity (Wildman–Crippen MR) is 86.6 cm³/mol. The van der Waals surface area contributed by atoms with Crippen molar-refractivity contribution in [3.05, 3.63) is 42.5 Å². The lowest BCUT2D eigenvalue weighted by Crippen LogP contribution is -2.41. The molecule has 0 heterocycles. The van der Waals surface area contributed by atoms with Gasteiger partial charge in [-0.25, -0.2) is 0 Å². The zero-order chi connectivity index (χ0) is 15.2. The Labute approximate surface area is 126 Å². The number of nitrogens with one attached hydrogen (secondary N) is 1. The van der Waals surface area contributed by atoms with Crippen LogP contribution in [0.5, 0.6) is 5.75 Å². The number of ether oxygens (including phenoxy) is 1. The van der Waals surface area contributed by atoms with Crippen molar-refractivity contribution in [3.63, 3.8) is 0 Å². The molecule has 0 aliphatic carbocycles. The third-order valence-electron chi connectivity index (χ3n) is 3.51. The first kappa shape index (κ1) is 15.4. The number of carbonyl (C=O) groups excluding carboxylic acids is 1. The van der Waals surface area contributed by atoms with Gasteiger partial charge in [0.05, 0.1) is 0 Å². The third kappa shape index (κ3) is 4.22. The van der Waals surface area contributed by atoms with Gasteiger partial charge >= 0.3 is 0 Å². The van der Waals surface area contributed by atoms with Crippen LogP contribution in [0, 0.1) is 0 Å². The van der Waals surface area contributed by atoms with Gasteiger partial charge < -0.3 is 10.1 Å². The van der Waals surface area contributed by atoms with Crippen LogP contribution in [0.4, 0.5) is 0 Å². The summed E-state index contributed by atoms with van der Waals surface area (Å²) in [7, 11) is 0. The highest BCUT2D eigenvalue weighted by Gasteiger charge is 2.16. The minimum atomic E-state index is -0.495. The molecule has 21 heavy (non-hydrogen) atoms. The molecule has 3 nitrogen and oxygen atoms in total. The summed E-state index contributed by atoms with van der Waals surface area (Å²) in [5.74, 6) is 0.656. The molecular weight excluding hydrogens is 262 g/mol. The van der Waals surface area contributed by atoms with Crippen LogP contribution in [0.15, 0.2) is 42.5 Å². The molecule has 112 valence electrons. The minimum absolute atomic E-state index is 0.0656. The van der Waals surface area contributed by atoms with Gasteiger partial charge in [-0.15, -0.1) is 0 Å². The Kier molecular flexibility index (Phi) is 5.20. The van der Waals surface area contributed by atoms with Crippen LogP contribution in [0.1, 0.15) is 33.6 Å². The molecule has 2 aromatic carbocycles. The summed E-state index contributed by atoms with van der Waals surface area (Å²) in [6.07, 6.45) is 1.54. The molecule has 3 heteroatoms. The molecule has 0 unspecified atom stereocenters. The standard InChI is InChI=1S/C18H23NO2/c1-4-7-13(2)19-18(20)14(3)21-17-11-10-15-8-5-6-9-16(15)12-17/h5-6,8-14H,4,7H2,1-3H3,(H,19,20)/t13-,14-/m1/s1. The van der Waals surface area contributed by atoms with Gasteiger partial charge in [0.25, 0.3) is 5.91 Å². The summed E-state index contributed by atoms with van der Waals surface area (Å²) < 4.78 is 5.75. The van der Waals surface area contributed by atoms with Crippen molar-refractivity contribution in [2.75, 3.05) is 0 Å². The first-order chi connectivity index (χ1) is 10.1. The molecule has 0 saturated carbocycles. The van der Waals surface area contributed by atoms with E-state index in [0.717, 1.165) is 24.0 Å². The second-order valence-electron chi connectivity index (χ2n) is 5.47. The Morgan fingerprint density at radius 2 is 1.86 bits per heavy atom. The molecule has 0 aliphatic rings. The average molecular weight is 285 g/mol. The number of carbonyl (C=O) groups is 1. The summed E-state index contributed by atoms with van der Waals surface area (Å²) in [4.78, 5) is 12.1. The molecule has 2 rings (SSSR count). The molecule has 0 saturated heterocycles. The Morgan fingerprint density at radius 3 is 2.57 bits per heavy atom. The lowest BCUT2D eigenvalue weighted by Gasteiger charge is -2.18. The highest BCUT2D eigenvalue weighted by atomic mass is 16.5. The highest BCUT2D eigenvalue weighted by molar-refractivity contribution is 5.84. The zero-order valence-corrected chi connectivity index (χ0v) is 12.9. The third-order valence-corrected chi connectivity index (χ3v) is 3.51.